The third-order valence-corrected chi connectivity index (χ3v) is 5.27. The van der Waals surface area contributed by atoms with Crippen LogP contribution in [-0.4, -0.2) is 48.5 Å². The van der Waals surface area contributed by atoms with Gasteiger partial charge >= 0.3 is 0 Å². The van der Waals surface area contributed by atoms with Crippen LogP contribution in [0.5, 0.6) is 0 Å². The van der Waals surface area contributed by atoms with Crippen LogP contribution in [-0.2, 0) is 11.3 Å². The highest BCUT2D eigenvalue weighted by molar-refractivity contribution is 7.14. The largest absolute Gasteiger partial charge is 0.310 e. The standard InChI is InChI=1S/C16H28N4OS/c1-4-20(13(2)21)16-18-14(12-22-16)11-17-9-10-19(3)15-7-5-6-8-15/h12,15,17H,4-11H2,1-3H3. The molecule has 0 spiro atoms. The lowest BCUT2D eigenvalue weighted by atomic mass is 10.2. The van der Waals surface area contributed by atoms with E-state index in [0.717, 1.165) is 36.5 Å². The van der Waals surface area contributed by atoms with Gasteiger partial charge in [0.05, 0.1) is 5.69 Å². The Balaban J connectivity index is 1.71. The predicted molar refractivity (Wildman–Crippen MR) is 92.4 cm³/mol. The van der Waals surface area contributed by atoms with Crippen LogP contribution in [0.1, 0.15) is 45.2 Å². The number of anilines is 1. The zero-order valence-electron chi connectivity index (χ0n) is 14.0. The van der Waals surface area contributed by atoms with E-state index in [0.29, 0.717) is 6.54 Å². The Hall–Kier alpha value is -0.980. The predicted octanol–water partition coefficient (Wildman–Crippen LogP) is 2.48. The van der Waals surface area contributed by atoms with E-state index in [1.807, 2.05) is 12.3 Å². The lowest BCUT2D eigenvalue weighted by molar-refractivity contribution is -0.116. The minimum absolute atomic E-state index is 0.0505. The second-order valence-electron chi connectivity index (χ2n) is 5.98. The summed E-state index contributed by atoms with van der Waals surface area (Å²) in [6.45, 7) is 7.05. The van der Waals surface area contributed by atoms with Gasteiger partial charge in [0.15, 0.2) is 5.13 Å². The smallest absolute Gasteiger partial charge is 0.225 e. The maximum Gasteiger partial charge on any atom is 0.225 e. The third-order valence-electron chi connectivity index (χ3n) is 4.36. The van der Waals surface area contributed by atoms with E-state index in [1.165, 1.54) is 37.0 Å². The average molecular weight is 324 g/mol. The Morgan fingerprint density at radius 2 is 2.18 bits per heavy atom. The molecule has 1 fully saturated rings. The maximum absolute atomic E-state index is 11.5. The van der Waals surface area contributed by atoms with Crippen molar-refractivity contribution in [1.82, 2.24) is 15.2 Å². The first kappa shape index (κ1) is 17.4. The number of hydrogen-bond acceptors (Lipinski definition) is 5. The Morgan fingerprint density at radius 1 is 1.45 bits per heavy atom. The number of rotatable bonds is 8. The third kappa shape index (κ3) is 4.76. The van der Waals surface area contributed by atoms with Crippen LogP contribution in [0, 0.1) is 0 Å². The van der Waals surface area contributed by atoms with E-state index in [9.17, 15) is 4.79 Å². The van der Waals surface area contributed by atoms with Gasteiger partial charge in [-0.1, -0.05) is 12.8 Å². The van der Waals surface area contributed by atoms with Crippen molar-refractivity contribution in [2.75, 3.05) is 31.6 Å². The van der Waals surface area contributed by atoms with Crippen molar-refractivity contribution >= 4 is 22.4 Å². The summed E-state index contributed by atoms with van der Waals surface area (Å²) >= 11 is 1.54. The first-order valence-electron chi connectivity index (χ1n) is 8.25. The van der Waals surface area contributed by atoms with Crippen LogP contribution < -0.4 is 10.2 Å². The van der Waals surface area contributed by atoms with Gasteiger partial charge in [0, 0.05) is 44.5 Å². The van der Waals surface area contributed by atoms with Gasteiger partial charge in [0.25, 0.3) is 0 Å². The fraction of sp³-hybridized carbons (Fsp3) is 0.750. The normalized spacial score (nSPS) is 15.6. The van der Waals surface area contributed by atoms with E-state index in [1.54, 1.807) is 11.8 Å². The summed E-state index contributed by atoms with van der Waals surface area (Å²) < 4.78 is 0. The van der Waals surface area contributed by atoms with Gasteiger partial charge < -0.3 is 10.2 Å². The Kier molecular flexibility index (Phi) is 6.79. The molecule has 0 radical (unpaired) electrons. The number of nitrogens with zero attached hydrogens (tertiary/aromatic N) is 3. The molecule has 1 aromatic rings. The zero-order valence-corrected chi connectivity index (χ0v) is 14.8. The summed E-state index contributed by atoms with van der Waals surface area (Å²) in [7, 11) is 2.23. The minimum atomic E-state index is 0.0505. The highest BCUT2D eigenvalue weighted by atomic mass is 32.1. The van der Waals surface area contributed by atoms with Gasteiger partial charge in [0.2, 0.25) is 5.91 Å². The number of carbonyl (C=O) groups is 1. The molecule has 1 aliphatic rings. The van der Waals surface area contributed by atoms with E-state index in [-0.39, 0.29) is 5.91 Å². The van der Waals surface area contributed by atoms with Crippen LogP contribution in [0.3, 0.4) is 0 Å². The number of nitrogens with one attached hydrogen (secondary N) is 1. The number of carbonyl (C=O) groups excluding carboxylic acids is 1. The molecular formula is C16H28N4OS. The lowest BCUT2D eigenvalue weighted by Gasteiger charge is -2.23. The van der Waals surface area contributed by atoms with Crippen molar-refractivity contribution in [3.63, 3.8) is 0 Å². The summed E-state index contributed by atoms with van der Waals surface area (Å²) in [5.41, 5.74) is 1.02. The molecule has 1 N–H and O–H groups in total. The molecule has 0 unspecified atom stereocenters. The van der Waals surface area contributed by atoms with Crippen molar-refractivity contribution in [2.24, 2.45) is 0 Å². The second-order valence-corrected chi connectivity index (χ2v) is 6.82. The number of thiazole rings is 1. The fourth-order valence-corrected chi connectivity index (χ4v) is 3.93. The summed E-state index contributed by atoms with van der Waals surface area (Å²) in [5.74, 6) is 0.0505. The van der Waals surface area contributed by atoms with Crippen molar-refractivity contribution < 1.29 is 4.79 Å². The van der Waals surface area contributed by atoms with Gasteiger partial charge in [-0.15, -0.1) is 11.3 Å². The van der Waals surface area contributed by atoms with Crippen molar-refractivity contribution in [2.45, 2.75) is 52.1 Å². The monoisotopic (exact) mass is 324 g/mol. The molecule has 1 aliphatic carbocycles. The molecule has 1 heterocycles. The summed E-state index contributed by atoms with van der Waals surface area (Å²) in [5, 5.41) is 6.29. The topological polar surface area (TPSA) is 48.5 Å². The molecule has 0 atom stereocenters. The highest BCUT2D eigenvalue weighted by Crippen LogP contribution is 2.22. The second kappa shape index (κ2) is 8.60. The Labute approximate surface area is 137 Å². The summed E-state index contributed by atoms with van der Waals surface area (Å²) in [6, 6.07) is 0.779. The summed E-state index contributed by atoms with van der Waals surface area (Å²) in [6.07, 6.45) is 5.47. The lowest BCUT2D eigenvalue weighted by Crippen LogP contribution is -2.35. The Bertz CT molecular complexity index is 470. The van der Waals surface area contributed by atoms with Crippen LogP contribution in [0.25, 0.3) is 0 Å². The first-order valence-corrected chi connectivity index (χ1v) is 9.13. The molecule has 1 aromatic heterocycles. The van der Waals surface area contributed by atoms with Gasteiger partial charge in [-0.2, -0.15) is 0 Å². The van der Waals surface area contributed by atoms with E-state index in [2.05, 4.69) is 22.2 Å². The number of aromatic nitrogens is 1. The molecule has 0 aliphatic heterocycles. The van der Waals surface area contributed by atoms with E-state index < -0.39 is 0 Å². The van der Waals surface area contributed by atoms with Crippen LogP contribution >= 0.6 is 11.3 Å². The van der Waals surface area contributed by atoms with Crippen LogP contribution in [0.2, 0.25) is 0 Å². The highest BCUT2D eigenvalue weighted by Gasteiger charge is 2.18. The van der Waals surface area contributed by atoms with Gasteiger partial charge in [0.1, 0.15) is 0 Å². The van der Waals surface area contributed by atoms with Gasteiger partial charge in [-0.25, -0.2) is 4.98 Å². The van der Waals surface area contributed by atoms with Crippen LogP contribution in [0.4, 0.5) is 5.13 Å². The number of likely N-dealkylation sites (N-methyl/N-ethyl adjacent to an activating group) is 1. The molecule has 0 bridgehead atoms. The SMILES string of the molecule is CCN(C(C)=O)c1nc(CNCCN(C)C2CCCC2)cs1. The molecule has 1 saturated carbocycles. The summed E-state index contributed by atoms with van der Waals surface area (Å²) in [4.78, 5) is 20.2. The molecule has 2 rings (SSSR count). The average Bonchev–Trinajstić information content (AvgIpc) is 3.15. The number of amides is 1. The maximum atomic E-state index is 11.5. The minimum Gasteiger partial charge on any atom is -0.310 e. The first-order chi connectivity index (χ1) is 10.6. The van der Waals surface area contributed by atoms with Crippen molar-refractivity contribution in [1.29, 1.82) is 0 Å². The van der Waals surface area contributed by atoms with E-state index in [4.69, 9.17) is 0 Å². The van der Waals surface area contributed by atoms with E-state index >= 15 is 0 Å². The Morgan fingerprint density at radius 3 is 2.82 bits per heavy atom. The fourth-order valence-electron chi connectivity index (χ4n) is 2.99. The van der Waals surface area contributed by atoms with Gasteiger partial charge in [-0.05, 0) is 26.8 Å². The molecule has 0 aromatic carbocycles. The van der Waals surface area contributed by atoms with Crippen LogP contribution in [0.15, 0.2) is 5.38 Å². The number of hydrogen-bond donors (Lipinski definition) is 1. The molecule has 22 heavy (non-hydrogen) atoms. The molecule has 6 heteroatoms. The van der Waals surface area contributed by atoms with Crippen molar-refractivity contribution in [3.8, 4) is 0 Å². The zero-order chi connectivity index (χ0) is 15.9. The van der Waals surface area contributed by atoms with Crippen molar-refractivity contribution in [3.05, 3.63) is 11.1 Å². The molecule has 1 amide bonds. The molecule has 0 saturated heterocycles. The van der Waals surface area contributed by atoms with Gasteiger partial charge in [-0.3, -0.25) is 9.69 Å². The quantitative estimate of drug-likeness (QED) is 0.746. The molecule has 124 valence electrons. The molecular weight excluding hydrogens is 296 g/mol. The molecule has 5 nitrogen and oxygen atoms in total.